The highest BCUT2D eigenvalue weighted by molar-refractivity contribution is 5.50. The molecule has 0 spiro atoms. The van der Waals surface area contributed by atoms with Crippen LogP contribution in [0, 0.1) is 6.92 Å². The van der Waals surface area contributed by atoms with Crippen molar-refractivity contribution in [2.24, 2.45) is 0 Å². The van der Waals surface area contributed by atoms with Crippen LogP contribution in [-0.2, 0) is 4.74 Å². The van der Waals surface area contributed by atoms with Crippen molar-refractivity contribution in [3.8, 4) is 11.5 Å². The molecule has 1 aromatic rings. The van der Waals surface area contributed by atoms with Crippen molar-refractivity contribution in [1.82, 2.24) is 5.32 Å². The molecule has 96 valence electrons. The third-order valence-corrected chi connectivity index (χ3v) is 2.87. The van der Waals surface area contributed by atoms with Crippen molar-refractivity contribution in [3.05, 3.63) is 23.3 Å². The van der Waals surface area contributed by atoms with Crippen LogP contribution in [0.3, 0.4) is 0 Å². The Bertz CT molecular complexity index is 366. The zero-order chi connectivity index (χ0) is 12.8. The van der Waals surface area contributed by atoms with Gasteiger partial charge >= 0.3 is 0 Å². The quantitative estimate of drug-likeness (QED) is 0.823. The van der Waals surface area contributed by atoms with Crippen LogP contribution >= 0.6 is 0 Å². The summed E-state index contributed by atoms with van der Waals surface area (Å²) >= 11 is 0. The van der Waals surface area contributed by atoms with E-state index in [1.54, 1.807) is 21.3 Å². The van der Waals surface area contributed by atoms with E-state index in [9.17, 15) is 0 Å². The molecule has 0 aromatic heterocycles. The lowest BCUT2D eigenvalue weighted by Gasteiger charge is -2.21. The summed E-state index contributed by atoms with van der Waals surface area (Å²) in [6.45, 7) is 2.58. The largest absolute Gasteiger partial charge is 0.496 e. The van der Waals surface area contributed by atoms with E-state index in [1.807, 2.05) is 26.1 Å². The second-order valence-electron chi connectivity index (χ2n) is 3.81. The second kappa shape index (κ2) is 6.47. The molecular weight excluding hydrogens is 218 g/mol. The lowest BCUT2D eigenvalue weighted by atomic mass is 10.0. The Morgan fingerprint density at radius 2 is 1.88 bits per heavy atom. The molecule has 17 heavy (non-hydrogen) atoms. The highest BCUT2D eigenvalue weighted by atomic mass is 16.5. The molecule has 4 heteroatoms. The molecule has 0 aliphatic carbocycles. The molecule has 0 heterocycles. The molecule has 0 aliphatic heterocycles. The first-order valence-corrected chi connectivity index (χ1v) is 5.57. The standard InChI is InChI=1S/C13H21NO3/c1-9-12(16-4)7-6-10(13(9)17-5)11(14-2)8-15-3/h6-7,11,14H,8H2,1-5H3. The number of nitrogens with one attached hydrogen (secondary N) is 1. The minimum absolute atomic E-state index is 0.111. The average molecular weight is 239 g/mol. The number of benzene rings is 1. The van der Waals surface area contributed by atoms with Crippen LogP contribution in [0.4, 0.5) is 0 Å². The first kappa shape index (κ1) is 13.8. The fraction of sp³-hybridized carbons (Fsp3) is 0.538. The van der Waals surface area contributed by atoms with Gasteiger partial charge in [-0.05, 0) is 26.1 Å². The molecule has 0 fully saturated rings. The molecule has 0 aliphatic rings. The number of ether oxygens (including phenoxy) is 3. The maximum Gasteiger partial charge on any atom is 0.130 e. The second-order valence-corrected chi connectivity index (χ2v) is 3.81. The Kier molecular flexibility index (Phi) is 5.25. The lowest BCUT2D eigenvalue weighted by Crippen LogP contribution is -2.22. The van der Waals surface area contributed by atoms with Gasteiger partial charge < -0.3 is 19.5 Å². The monoisotopic (exact) mass is 239 g/mol. The topological polar surface area (TPSA) is 39.7 Å². The summed E-state index contributed by atoms with van der Waals surface area (Å²) in [6, 6.07) is 4.07. The van der Waals surface area contributed by atoms with Gasteiger partial charge in [-0.1, -0.05) is 0 Å². The summed E-state index contributed by atoms with van der Waals surface area (Å²) in [4.78, 5) is 0. The summed E-state index contributed by atoms with van der Waals surface area (Å²) in [5.41, 5.74) is 2.08. The van der Waals surface area contributed by atoms with Crippen molar-refractivity contribution in [2.45, 2.75) is 13.0 Å². The van der Waals surface area contributed by atoms with E-state index in [2.05, 4.69) is 5.32 Å². The summed E-state index contributed by atoms with van der Waals surface area (Å²) in [7, 11) is 6.92. The summed E-state index contributed by atoms with van der Waals surface area (Å²) in [5.74, 6) is 1.68. The summed E-state index contributed by atoms with van der Waals surface area (Å²) < 4.78 is 16.0. The van der Waals surface area contributed by atoms with Crippen LogP contribution in [0.5, 0.6) is 11.5 Å². The van der Waals surface area contributed by atoms with Crippen molar-refractivity contribution in [3.63, 3.8) is 0 Å². The minimum Gasteiger partial charge on any atom is -0.496 e. The number of rotatable bonds is 6. The predicted octanol–water partition coefficient (Wildman–Crippen LogP) is 1.92. The van der Waals surface area contributed by atoms with Crippen molar-refractivity contribution in [1.29, 1.82) is 0 Å². The molecule has 0 saturated heterocycles. The Morgan fingerprint density at radius 3 is 2.35 bits per heavy atom. The van der Waals surface area contributed by atoms with Gasteiger partial charge in [0.15, 0.2) is 0 Å². The molecule has 0 bridgehead atoms. The highest BCUT2D eigenvalue weighted by Gasteiger charge is 2.18. The molecule has 1 N–H and O–H groups in total. The van der Waals surface area contributed by atoms with Gasteiger partial charge in [0.2, 0.25) is 0 Å². The molecule has 1 atom stereocenters. The zero-order valence-corrected chi connectivity index (χ0v) is 11.2. The zero-order valence-electron chi connectivity index (χ0n) is 11.2. The summed E-state index contributed by atoms with van der Waals surface area (Å²) in [5, 5.41) is 3.21. The van der Waals surface area contributed by atoms with Crippen LogP contribution < -0.4 is 14.8 Å². The van der Waals surface area contributed by atoms with Gasteiger partial charge in [0, 0.05) is 18.2 Å². The van der Waals surface area contributed by atoms with Crippen LogP contribution in [0.15, 0.2) is 12.1 Å². The van der Waals surface area contributed by atoms with E-state index < -0.39 is 0 Å². The molecule has 1 unspecified atom stereocenters. The first-order valence-electron chi connectivity index (χ1n) is 5.57. The molecule has 0 radical (unpaired) electrons. The van der Waals surface area contributed by atoms with E-state index in [1.165, 1.54) is 0 Å². The third-order valence-electron chi connectivity index (χ3n) is 2.87. The maximum absolute atomic E-state index is 5.47. The van der Waals surface area contributed by atoms with E-state index in [0.29, 0.717) is 6.61 Å². The van der Waals surface area contributed by atoms with Crippen molar-refractivity contribution in [2.75, 3.05) is 35.0 Å². The Labute approximate surface area is 103 Å². The lowest BCUT2D eigenvalue weighted by molar-refractivity contribution is 0.169. The number of hydrogen-bond donors (Lipinski definition) is 1. The van der Waals surface area contributed by atoms with Gasteiger partial charge in [-0.25, -0.2) is 0 Å². The fourth-order valence-corrected chi connectivity index (χ4v) is 1.96. The van der Waals surface area contributed by atoms with Crippen LogP contribution in [0.2, 0.25) is 0 Å². The summed E-state index contributed by atoms with van der Waals surface area (Å²) in [6.07, 6.45) is 0. The van der Waals surface area contributed by atoms with E-state index in [-0.39, 0.29) is 6.04 Å². The first-order chi connectivity index (χ1) is 8.19. The Morgan fingerprint density at radius 1 is 1.18 bits per heavy atom. The van der Waals surface area contributed by atoms with Gasteiger partial charge in [0.25, 0.3) is 0 Å². The van der Waals surface area contributed by atoms with Crippen molar-refractivity contribution >= 4 is 0 Å². The molecular formula is C13H21NO3. The molecule has 0 saturated carbocycles. The number of hydrogen-bond acceptors (Lipinski definition) is 4. The Balaban J connectivity index is 3.18. The Hall–Kier alpha value is -1.26. The predicted molar refractivity (Wildman–Crippen MR) is 68.0 cm³/mol. The van der Waals surface area contributed by atoms with E-state index >= 15 is 0 Å². The van der Waals surface area contributed by atoms with E-state index in [4.69, 9.17) is 14.2 Å². The normalized spacial score (nSPS) is 12.3. The minimum atomic E-state index is 0.111. The number of methoxy groups -OCH3 is 3. The molecule has 4 nitrogen and oxygen atoms in total. The van der Waals surface area contributed by atoms with Crippen molar-refractivity contribution < 1.29 is 14.2 Å². The molecule has 1 rings (SSSR count). The van der Waals surface area contributed by atoms with Crippen LogP contribution in [0.25, 0.3) is 0 Å². The SMILES string of the molecule is CNC(COC)c1ccc(OC)c(C)c1OC. The molecule has 1 aromatic carbocycles. The van der Waals surface area contributed by atoms with Crippen LogP contribution in [0.1, 0.15) is 17.2 Å². The van der Waals surface area contributed by atoms with E-state index in [0.717, 1.165) is 22.6 Å². The van der Waals surface area contributed by atoms with Gasteiger partial charge in [0.05, 0.1) is 26.9 Å². The average Bonchev–Trinajstić information content (AvgIpc) is 2.35. The van der Waals surface area contributed by atoms with Gasteiger partial charge in [-0.15, -0.1) is 0 Å². The van der Waals surface area contributed by atoms with Gasteiger partial charge in [-0.3, -0.25) is 0 Å². The smallest absolute Gasteiger partial charge is 0.130 e. The number of likely N-dealkylation sites (N-methyl/N-ethyl adjacent to an activating group) is 1. The van der Waals surface area contributed by atoms with Gasteiger partial charge in [0.1, 0.15) is 11.5 Å². The maximum atomic E-state index is 5.47. The third kappa shape index (κ3) is 2.90. The molecule has 0 amide bonds. The van der Waals surface area contributed by atoms with Crippen LogP contribution in [-0.4, -0.2) is 35.0 Å². The van der Waals surface area contributed by atoms with Gasteiger partial charge in [-0.2, -0.15) is 0 Å². The highest BCUT2D eigenvalue weighted by Crippen LogP contribution is 2.34. The fourth-order valence-electron chi connectivity index (χ4n) is 1.96.